The summed E-state index contributed by atoms with van der Waals surface area (Å²) in [6, 6.07) is 9.78. The molecule has 0 aliphatic rings. The monoisotopic (exact) mass is 351 g/mol. The number of aliphatic hydroxyl groups excluding tert-OH is 1. The molecule has 0 saturated heterocycles. The Morgan fingerprint density at radius 1 is 1.16 bits per heavy atom. The molecule has 0 radical (unpaired) electrons. The molecule has 0 heterocycles. The van der Waals surface area contributed by atoms with Crippen LogP contribution in [0.5, 0.6) is 5.75 Å². The normalized spacial score (nSPS) is 12.9. The van der Waals surface area contributed by atoms with Crippen molar-refractivity contribution < 1.29 is 14.6 Å². The largest absolute Gasteiger partial charge is 0.494 e. The van der Waals surface area contributed by atoms with Crippen LogP contribution >= 0.6 is 0 Å². The predicted molar refractivity (Wildman–Crippen MR) is 102 cm³/mol. The lowest BCUT2D eigenvalue weighted by molar-refractivity contribution is 0.0301. The quantitative estimate of drug-likeness (QED) is 0.305. The summed E-state index contributed by atoms with van der Waals surface area (Å²) in [6.45, 7) is 9.61. The van der Waals surface area contributed by atoms with Gasteiger partial charge >= 0.3 is 0 Å². The maximum atomic E-state index is 9.91. The van der Waals surface area contributed by atoms with Crippen molar-refractivity contribution in [3.63, 3.8) is 0 Å². The van der Waals surface area contributed by atoms with Crippen LogP contribution in [0.1, 0.15) is 27.2 Å². The van der Waals surface area contributed by atoms with E-state index in [4.69, 9.17) is 9.47 Å². The van der Waals surface area contributed by atoms with E-state index in [9.17, 15) is 5.11 Å². The molecule has 6 nitrogen and oxygen atoms in total. The number of guanidine groups is 1. The number of nitrogens with one attached hydrogen (secondary N) is 2. The average Bonchev–Trinajstić information content (AvgIpc) is 2.60. The number of nitrogens with zero attached hydrogens (tertiary/aromatic N) is 1. The first-order chi connectivity index (χ1) is 12.1. The summed E-state index contributed by atoms with van der Waals surface area (Å²) in [5.74, 6) is 2.05. The fraction of sp³-hybridized carbons (Fsp3) is 0.632. The Balaban J connectivity index is 2.21. The van der Waals surface area contributed by atoms with Crippen molar-refractivity contribution >= 4 is 5.96 Å². The van der Waals surface area contributed by atoms with Gasteiger partial charge in [0, 0.05) is 19.7 Å². The summed E-state index contributed by atoms with van der Waals surface area (Å²) in [4.78, 5) is 4.39. The highest BCUT2D eigenvalue weighted by atomic mass is 16.5. The lowest BCUT2D eigenvalue weighted by Gasteiger charge is -2.14. The lowest BCUT2D eigenvalue weighted by Crippen LogP contribution is -2.39. The Hall–Kier alpha value is -1.79. The smallest absolute Gasteiger partial charge is 0.191 e. The zero-order valence-corrected chi connectivity index (χ0v) is 15.7. The Morgan fingerprint density at radius 3 is 2.60 bits per heavy atom. The van der Waals surface area contributed by atoms with E-state index in [0.29, 0.717) is 38.2 Å². The number of hydrogen-bond donors (Lipinski definition) is 3. The molecule has 142 valence electrons. The number of ether oxygens (including phenoxy) is 2. The number of para-hydroxylation sites is 1. The van der Waals surface area contributed by atoms with Crippen LogP contribution in [0.2, 0.25) is 0 Å². The third-order valence-corrected chi connectivity index (χ3v) is 3.19. The molecule has 0 aliphatic carbocycles. The molecule has 1 atom stereocenters. The molecular formula is C19H33N3O3. The molecule has 6 heteroatoms. The second-order valence-corrected chi connectivity index (χ2v) is 6.25. The van der Waals surface area contributed by atoms with Gasteiger partial charge in [-0.1, -0.05) is 32.0 Å². The maximum Gasteiger partial charge on any atom is 0.191 e. The van der Waals surface area contributed by atoms with Gasteiger partial charge in [-0.2, -0.15) is 0 Å². The minimum atomic E-state index is -0.587. The van der Waals surface area contributed by atoms with E-state index in [2.05, 4.69) is 29.5 Å². The summed E-state index contributed by atoms with van der Waals surface area (Å²) < 4.78 is 11.1. The van der Waals surface area contributed by atoms with Crippen LogP contribution in [0.4, 0.5) is 0 Å². The summed E-state index contributed by atoms with van der Waals surface area (Å²) in [5.41, 5.74) is 0. The van der Waals surface area contributed by atoms with E-state index in [0.717, 1.165) is 25.3 Å². The van der Waals surface area contributed by atoms with Gasteiger partial charge in [0.25, 0.3) is 0 Å². The fourth-order valence-electron chi connectivity index (χ4n) is 2.02. The highest BCUT2D eigenvalue weighted by Crippen LogP contribution is 2.07. The molecule has 0 aliphatic heterocycles. The average molecular weight is 351 g/mol. The topological polar surface area (TPSA) is 75.1 Å². The molecule has 1 aromatic rings. The van der Waals surface area contributed by atoms with E-state index in [-0.39, 0.29) is 0 Å². The zero-order valence-electron chi connectivity index (χ0n) is 15.7. The van der Waals surface area contributed by atoms with Gasteiger partial charge in [-0.05, 0) is 31.4 Å². The maximum absolute atomic E-state index is 9.91. The van der Waals surface area contributed by atoms with E-state index < -0.39 is 6.10 Å². The Morgan fingerprint density at radius 2 is 1.92 bits per heavy atom. The molecule has 0 spiro atoms. The van der Waals surface area contributed by atoms with Crippen molar-refractivity contribution in [2.75, 3.05) is 39.5 Å². The van der Waals surface area contributed by atoms with Gasteiger partial charge in [0.15, 0.2) is 5.96 Å². The summed E-state index contributed by atoms with van der Waals surface area (Å²) in [6.07, 6.45) is 0.273. The molecule has 1 unspecified atom stereocenters. The molecule has 0 bridgehead atoms. The second kappa shape index (κ2) is 13.5. The number of hydrogen-bond acceptors (Lipinski definition) is 4. The van der Waals surface area contributed by atoms with Crippen LogP contribution in [0.15, 0.2) is 35.3 Å². The van der Waals surface area contributed by atoms with Crippen LogP contribution in [0, 0.1) is 5.92 Å². The number of aliphatic hydroxyl groups is 1. The highest BCUT2D eigenvalue weighted by molar-refractivity contribution is 5.79. The number of benzene rings is 1. The highest BCUT2D eigenvalue weighted by Gasteiger charge is 2.05. The predicted octanol–water partition coefficient (Wildman–Crippen LogP) is 2.04. The molecule has 25 heavy (non-hydrogen) atoms. The van der Waals surface area contributed by atoms with E-state index in [1.54, 1.807) is 0 Å². The minimum absolute atomic E-state index is 0.312. The Labute approximate surface area is 151 Å². The summed E-state index contributed by atoms with van der Waals surface area (Å²) in [7, 11) is 0. The zero-order chi connectivity index (χ0) is 18.3. The van der Waals surface area contributed by atoms with Crippen LogP contribution in [0.25, 0.3) is 0 Å². The molecule has 0 aromatic heterocycles. The van der Waals surface area contributed by atoms with Crippen LogP contribution in [0.3, 0.4) is 0 Å². The van der Waals surface area contributed by atoms with Crippen LogP contribution < -0.4 is 15.4 Å². The standard InChI is InChI=1S/C19H33N3O3/c1-4-20-19(22-13-17(23)15-24-14-16(2)3)21-11-8-12-25-18-9-6-5-7-10-18/h5-7,9-10,16-17,23H,4,8,11-15H2,1-3H3,(H2,20,21,22). The fourth-order valence-corrected chi connectivity index (χ4v) is 2.02. The van der Waals surface area contributed by atoms with Crippen LogP contribution in [-0.4, -0.2) is 56.6 Å². The van der Waals surface area contributed by atoms with E-state index in [1.165, 1.54) is 0 Å². The Kier molecular flexibility index (Phi) is 11.5. The molecular weight excluding hydrogens is 318 g/mol. The van der Waals surface area contributed by atoms with Crippen molar-refractivity contribution in [1.29, 1.82) is 0 Å². The molecule has 0 fully saturated rings. The van der Waals surface area contributed by atoms with Crippen molar-refractivity contribution in [3.8, 4) is 5.75 Å². The SMILES string of the molecule is CCNC(=NCC(O)COCC(C)C)NCCCOc1ccccc1. The summed E-state index contributed by atoms with van der Waals surface area (Å²) >= 11 is 0. The third kappa shape index (κ3) is 11.4. The van der Waals surface area contributed by atoms with E-state index >= 15 is 0 Å². The van der Waals surface area contributed by atoms with Crippen molar-refractivity contribution in [1.82, 2.24) is 10.6 Å². The van der Waals surface area contributed by atoms with Gasteiger partial charge in [-0.3, -0.25) is 4.99 Å². The minimum Gasteiger partial charge on any atom is -0.494 e. The number of rotatable bonds is 12. The second-order valence-electron chi connectivity index (χ2n) is 6.25. The Bertz CT molecular complexity index is 466. The molecule has 0 amide bonds. The van der Waals surface area contributed by atoms with Crippen molar-refractivity contribution in [2.24, 2.45) is 10.9 Å². The van der Waals surface area contributed by atoms with Crippen LogP contribution in [-0.2, 0) is 4.74 Å². The number of aliphatic imine (C=N–C) groups is 1. The lowest BCUT2D eigenvalue weighted by atomic mass is 10.2. The molecule has 0 saturated carbocycles. The van der Waals surface area contributed by atoms with Gasteiger partial charge in [-0.25, -0.2) is 0 Å². The van der Waals surface area contributed by atoms with Gasteiger partial charge in [0.2, 0.25) is 0 Å². The molecule has 1 rings (SSSR count). The first-order valence-corrected chi connectivity index (χ1v) is 9.07. The van der Waals surface area contributed by atoms with Crippen molar-refractivity contribution in [3.05, 3.63) is 30.3 Å². The molecule has 1 aromatic carbocycles. The first kappa shape index (κ1) is 21.3. The molecule has 3 N–H and O–H groups in total. The van der Waals surface area contributed by atoms with Gasteiger partial charge in [0.1, 0.15) is 5.75 Å². The van der Waals surface area contributed by atoms with Gasteiger partial charge in [-0.15, -0.1) is 0 Å². The van der Waals surface area contributed by atoms with Gasteiger partial charge < -0.3 is 25.2 Å². The van der Waals surface area contributed by atoms with E-state index in [1.807, 2.05) is 37.3 Å². The van der Waals surface area contributed by atoms with Gasteiger partial charge in [0.05, 0.1) is 25.9 Å². The third-order valence-electron chi connectivity index (χ3n) is 3.19. The van der Waals surface area contributed by atoms with Crippen molar-refractivity contribution in [2.45, 2.75) is 33.3 Å². The summed E-state index contributed by atoms with van der Waals surface area (Å²) in [5, 5.41) is 16.3. The first-order valence-electron chi connectivity index (χ1n) is 9.07.